The van der Waals surface area contributed by atoms with Crippen molar-refractivity contribution in [3.05, 3.63) is 156 Å². The molecule has 0 aromatic heterocycles. The van der Waals surface area contributed by atoms with Crippen LogP contribution < -0.4 is 0 Å². The van der Waals surface area contributed by atoms with E-state index in [1.165, 1.54) is 50.1 Å². The largest absolute Gasteiger partial charge is 0.0991 e. The van der Waals surface area contributed by atoms with E-state index < -0.39 is 5.41 Å². The van der Waals surface area contributed by atoms with Crippen LogP contribution in [0.5, 0.6) is 0 Å². The van der Waals surface area contributed by atoms with Gasteiger partial charge < -0.3 is 0 Å². The van der Waals surface area contributed by atoms with Gasteiger partial charge in [-0.25, -0.2) is 0 Å². The monoisotopic (exact) mass is 468 g/mol. The fraction of sp³-hybridized carbons (Fsp3) is 0.167. The van der Waals surface area contributed by atoms with E-state index >= 15 is 0 Å². The molecule has 0 nitrogen and oxygen atoms in total. The smallest absolute Gasteiger partial charge is 0.0673 e. The lowest BCUT2D eigenvalue weighted by molar-refractivity contribution is 0.745. The van der Waals surface area contributed by atoms with Crippen molar-refractivity contribution in [1.29, 1.82) is 0 Å². The number of hydrogen-bond acceptors (Lipinski definition) is 0. The van der Waals surface area contributed by atoms with Crippen LogP contribution in [-0.4, -0.2) is 0 Å². The molecule has 36 heavy (non-hydrogen) atoms. The summed E-state index contributed by atoms with van der Waals surface area (Å²) < 4.78 is 0. The minimum atomic E-state index is -0.410. The molecule has 4 rings (SSSR count). The molecular formula is C36H36. The van der Waals surface area contributed by atoms with Crippen molar-refractivity contribution in [1.82, 2.24) is 0 Å². The minimum Gasteiger partial charge on any atom is -0.0991 e. The molecule has 180 valence electrons. The maximum atomic E-state index is 4.07. The Morgan fingerprint density at radius 3 is 2.19 bits per heavy atom. The fourth-order valence-corrected chi connectivity index (χ4v) is 5.56. The second kappa shape index (κ2) is 11.2. The Morgan fingerprint density at radius 1 is 0.778 bits per heavy atom. The molecule has 1 unspecified atom stereocenters. The first-order valence-corrected chi connectivity index (χ1v) is 12.9. The highest BCUT2D eigenvalue weighted by Crippen LogP contribution is 2.58. The maximum absolute atomic E-state index is 4.07. The summed E-state index contributed by atoms with van der Waals surface area (Å²) in [5.74, 6) is 0. The van der Waals surface area contributed by atoms with Crippen molar-refractivity contribution >= 4 is 0 Å². The van der Waals surface area contributed by atoms with Gasteiger partial charge in [-0.3, -0.25) is 0 Å². The van der Waals surface area contributed by atoms with Crippen LogP contribution in [0.1, 0.15) is 44.4 Å². The van der Waals surface area contributed by atoms with E-state index in [0.29, 0.717) is 0 Å². The molecule has 3 aromatic carbocycles. The summed E-state index contributed by atoms with van der Waals surface area (Å²) in [6, 6.07) is 24.7. The lowest BCUT2D eigenvalue weighted by Gasteiger charge is -2.35. The Labute approximate surface area is 217 Å². The molecule has 0 spiro atoms. The zero-order valence-corrected chi connectivity index (χ0v) is 22.0. The van der Waals surface area contributed by atoms with Crippen LogP contribution in [0.3, 0.4) is 0 Å². The molecule has 0 heteroatoms. The van der Waals surface area contributed by atoms with Crippen molar-refractivity contribution in [3.63, 3.8) is 0 Å². The third kappa shape index (κ3) is 4.29. The van der Waals surface area contributed by atoms with Crippen molar-refractivity contribution in [2.45, 2.75) is 39.5 Å². The van der Waals surface area contributed by atoms with Crippen LogP contribution in [0.25, 0.3) is 22.3 Å². The third-order valence-electron chi connectivity index (χ3n) is 7.17. The number of allylic oxidation sites excluding steroid dienone is 11. The predicted molar refractivity (Wildman–Crippen MR) is 158 cm³/mol. The van der Waals surface area contributed by atoms with Gasteiger partial charge in [-0.15, -0.1) is 0 Å². The summed E-state index contributed by atoms with van der Waals surface area (Å²) in [5, 5.41) is 0. The summed E-state index contributed by atoms with van der Waals surface area (Å²) in [4.78, 5) is 0. The molecule has 0 radical (unpaired) electrons. The molecule has 0 aliphatic heterocycles. The van der Waals surface area contributed by atoms with Gasteiger partial charge in [0, 0.05) is 0 Å². The highest BCUT2D eigenvalue weighted by molar-refractivity contribution is 5.95. The second-order valence-electron chi connectivity index (χ2n) is 9.19. The first-order valence-electron chi connectivity index (χ1n) is 12.9. The molecular weight excluding hydrogens is 432 g/mol. The number of fused-ring (bicyclic) bond motifs is 3. The van der Waals surface area contributed by atoms with Gasteiger partial charge in [0.05, 0.1) is 5.41 Å². The molecule has 1 aliphatic carbocycles. The van der Waals surface area contributed by atoms with Crippen molar-refractivity contribution in [3.8, 4) is 22.3 Å². The third-order valence-corrected chi connectivity index (χ3v) is 7.17. The molecule has 0 amide bonds. The molecule has 0 heterocycles. The minimum absolute atomic E-state index is 0.410. The van der Waals surface area contributed by atoms with Crippen LogP contribution >= 0.6 is 0 Å². The zero-order valence-electron chi connectivity index (χ0n) is 22.0. The Morgan fingerprint density at radius 2 is 1.50 bits per heavy atom. The highest BCUT2D eigenvalue weighted by atomic mass is 14.5. The summed E-state index contributed by atoms with van der Waals surface area (Å²) in [6.07, 6.45) is 20.1. The van der Waals surface area contributed by atoms with Gasteiger partial charge in [0.2, 0.25) is 0 Å². The Hall–Kier alpha value is -3.90. The van der Waals surface area contributed by atoms with E-state index in [0.717, 1.165) is 6.42 Å². The highest BCUT2D eigenvalue weighted by Gasteiger charge is 2.47. The molecule has 3 aromatic rings. The molecule has 1 atom stereocenters. The van der Waals surface area contributed by atoms with Crippen LogP contribution in [0.15, 0.2) is 139 Å². The topological polar surface area (TPSA) is 0 Å². The van der Waals surface area contributed by atoms with Gasteiger partial charge in [0.1, 0.15) is 0 Å². The van der Waals surface area contributed by atoms with Crippen molar-refractivity contribution in [2.24, 2.45) is 0 Å². The van der Waals surface area contributed by atoms with Gasteiger partial charge in [0.15, 0.2) is 0 Å². The first-order chi connectivity index (χ1) is 17.6. The Balaban J connectivity index is 2.11. The quantitative estimate of drug-likeness (QED) is 0.289. The first kappa shape index (κ1) is 25.2. The van der Waals surface area contributed by atoms with Crippen LogP contribution in [0.2, 0.25) is 0 Å². The SMILES string of the molecule is C=C/C=C(\C=C/C)C1(/C(C)=C/C=C\C=C/C)c2ccccc2-c2c(-c3ccc(CC)cc3)cccc21. The molecule has 0 saturated carbocycles. The van der Waals surface area contributed by atoms with Gasteiger partial charge in [-0.2, -0.15) is 0 Å². The number of benzene rings is 3. The van der Waals surface area contributed by atoms with Gasteiger partial charge in [-0.1, -0.05) is 140 Å². The van der Waals surface area contributed by atoms with E-state index in [9.17, 15) is 0 Å². The van der Waals surface area contributed by atoms with Gasteiger partial charge in [-0.05, 0) is 71.7 Å². The van der Waals surface area contributed by atoms with E-state index in [1.54, 1.807) is 0 Å². The molecule has 1 aliphatic rings. The van der Waals surface area contributed by atoms with Crippen LogP contribution in [0.4, 0.5) is 0 Å². The molecule has 0 bridgehead atoms. The van der Waals surface area contributed by atoms with E-state index in [4.69, 9.17) is 0 Å². The summed E-state index contributed by atoms with van der Waals surface area (Å²) >= 11 is 0. The van der Waals surface area contributed by atoms with E-state index in [2.05, 4.69) is 143 Å². The molecule has 0 N–H and O–H groups in total. The number of aryl methyl sites for hydroxylation is 1. The number of hydrogen-bond donors (Lipinski definition) is 0. The predicted octanol–water partition coefficient (Wildman–Crippen LogP) is 9.95. The van der Waals surface area contributed by atoms with Crippen molar-refractivity contribution in [2.75, 3.05) is 0 Å². The molecule has 0 saturated heterocycles. The Kier molecular flexibility index (Phi) is 7.86. The Bertz CT molecular complexity index is 1390. The maximum Gasteiger partial charge on any atom is 0.0673 e. The lowest BCUT2D eigenvalue weighted by Crippen LogP contribution is -2.29. The standard InChI is InChI=1S/C36H36/c1-6-10-11-12-18-27(5)36(30(16-7-2)17-8-3)33-21-14-13-19-32(33)35-31(20-15-22-34(35)36)29-25-23-28(9-4)24-26-29/h6-8,10-26H,2,9H2,1,3-5H3/b10-6-,12-11-,17-8-,27-18+,30-16+. The van der Waals surface area contributed by atoms with Crippen LogP contribution in [-0.2, 0) is 11.8 Å². The van der Waals surface area contributed by atoms with Gasteiger partial charge >= 0.3 is 0 Å². The van der Waals surface area contributed by atoms with Crippen molar-refractivity contribution < 1.29 is 0 Å². The van der Waals surface area contributed by atoms with E-state index in [-0.39, 0.29) is 0 Å². The molecule has 0 fully saturated rings. The average molecular weight is 469 g/mol. The lowest BCUT2D eigenvalue weighted by atomic mass is 9.66. The van der Waals surface area contributed by atoms with E-state index in [1.807, 2.05) is 13.0 Å². The average Bonchev–Trinajstić information content (AvgIpc) is 3.22. The summed E-state index contributed by atoms with van der Waals surface area (Å²) in [5.41, 5.74) is 11.2. The van der Waals surface area contributed by atoms with Gasteiger partial charge in [0.25, 0.3) is 0 Å². The normalized spacial score (nSPS) is 17.8. The fourth-order valence-electron chi connectivity index (χ4n) is 5.56. The second-order valence-corrected chi connectivity index (χ2v) is 9.19. The summed E-state index contributed by atoms with van der Waals surface area (Å²) in [7, 11) is 0. The van der Waals surface area contributed by atoms with Crippen LogP contribution in [0, 0.1) is 0 Å². The zero-order chi connectivity index (χ0) is 25.5. The number of rotatable bonds is 8. The summed E-state index contributed by atoms with van der Waals surface area (Å²) in [6.45, 7) is 12.7.